The lowest BCUT2D eigenvalue weighted by Crippen LogP contribution is -2.55. The average Bonchev–Trinajstić information content (AvgIpc) is 2.80. The summed E-state index contributed by atoms with van der Waals surface area (Å²) in [6, 6.07) is -0.237. The van der Waals surface area contributed by atoms with E-state index in [0.717, 1.165) is 49.2 Å². The van der Waals surface area contributed by atoms with Gasteiger partial charge in [-0.1, -0.05) is 0 Å². The Balaban J connectivity index is 1.81. The topological polar surface area (TPSA) is 66.9 Å². The summed E-state index contributed by atoms with van der Waals surface area (Å²) in [5.74, 6) is 0.764. The molecule has 1 aromatic rings. The van der Waals surface area contributed by atoms with Crippen molar-refractivity contribution < 1.29 is 4.79 Å². The Kier molecular flexibility index (Phi) is 3.32. The van der Waals surface area contributed by atoms with Crippen molar-refractivity contribution in [2.75, 3.05) is 5.32 Å². The second kappa shape index (κ2) is 4.88. The zero-order valence-corrected chi connectivity index (χ0v) is 12.5. The lowest BCUT2D eigenvalue weighted by Gasteiger charge is -2.35. The number of rotatable bonds is 2. The molecule has 1 unspecified atom stereocenters. The van der Waals surface area contributed by atoms with Crippen LogP contribution in [-0.2, 0) is 17.6 Å². The Labute approximate surface area is 123 Å². The average molecular weight is 295 g/mol. The highest BCUT2D eigenvalue weighted by Gasteiger charge is 2.33. The highest BCUT2D eigenvalue weighted by atomic mass is 35.5. The highest BCUT2D eigenvalue weighted by molar-refractivity contribution is 6.28. The predicted octanol–water partition coefficient (Wildman–Crippen LogP) is 2.09. The lowest BCUT2D eigenvalue weighted by molar-refractivity contribution is -0.125. The van der Waals surface area contributed by atoms with Crippen LogP contribution in [0.25, 0.3) is 0 Å². The van der Waals surface area contributed by atoms with Crippen molar-refractivity contribution in [2.45, 2.75) is 57.5 Å². The molecule has 2 N–H and O–H groups in total. The summed E-state index contributed by atoms with van der Waals surface area (Å²) in [5.41, 5.74) is 2.01. The molecule has 1 amide bonds. The first-order chi connectivity index (χ1) is 9.44. The van der Waals surface area contributed by atoms with Crippen LogP contribution in [0.1, 0.15) is 44.4 Å². The van der Waals surface area contributed by atoms with E-state index in [1.807, 2.05) is 13.8 Å². The van der Waals surface area contributed by atoms with Gasteiger partial charge in [0.2, 0.25) is 11.2 Å². The predicted molar refractivity (Wildman–Crippen MR) is 77.9 cm³/mol. The number of fused-ring (bicyclic) bond motifs is 1. The number of aryl methyl sites for hydroxylation is 1. The normalized spacial score (nSPS) is 24.1. The van der Waals surface area contributed by atoms with Gasteiger partial charge in [0.1, 0.15) is 11.9 Å². The molecule has 2 heterocycles. The Hall–Kier alpha value is -1.36. The molecule has 2 aliphatic rings. The van der Waals surface area contributed by atoms with Crippen LogP contribution in [0.15, 0.2) is 0 Å². The molecule has 3 rings (SSSR count). The van der Waals surface area contributed by atoms with Crippen LogP contribution in [0.2, 0.25) is 5.28 Å². The van der Waals surface area contributed by atoms with Gasteiger partial charge in [-0.2, -0.15) is 0 Å². The fourth-order valence-electron chi connectivity index (χ4n) is 2.94. The largest absolute Gasteiger partial charge is 0.358 e. The quantitative estimate of drug-likeness (QED) is 0.820. The number of halogens is 1. The summed E-state index contributed by atoms with van der Waals surface area (Å²) >= 11 is 5.97. The maximum Gasteiger partial charge on any atom is 0.242 e. The molecular formula is C14H19ClN4O. The SMILES string of the molecule is CC1(C)CCC(Nc2nc(Cl)nc3c2CCC3)C(=O)N1. The zero-order chi connectivity index (χ0) is 14.3. The van der Waals surface area contributed by atoms with E-state index in [4.69, 9.17) is 11.6 Å². The van der Waals surface area contributed by atoms with Gasteiger partial charge in [-0.15, -0.1) is 0 Å². The van der Waals surface area contributed by atoms with Gasteiger partial charge in [-0.3, -0.25) is 4.79 Å². The molecule has 1 aliphatic heterocycles. The van der Waals surface area contributed by atoms with Crippen LogP contribution in [0, 0.1) is 0 Å². The number of carbonyl (C=O) groups excluding carboxylic acids is 1. The van der Waals surface area contributed by atoms with Crippen molar-refractivity contribution in [1.82, 2.24) is 15.3 Å². The van der Waals surface area contributed by atoms with Crippen LogP contribution in [-0.4, -0.2) is 27.5 Å². The third-order valence-electron chi connectivity index (χ3n) is 4.05. The Morgan fingerprint density at radius 1 is 1.35 bits per heavy atom. The van der Waals surface area contributed by atoms with E-state index in [9.17, 15) is 4.79 Å². The number of piperidine rings is 1. The van der Waals surface area contributed by atoms with Gasteiger partial charge in [-0.25, -0.2) is 9.97 Å². The number of nitrogens with zero attached hydrogens (tertiary/aromatic N) is 2. The van der Waals surface area contributed by atoms with Crippen molar-refractivity contribution in [3.8, 4) is 0 Å². The second-order valence-corrected chi connectivity index (χ2v) is 6.57. The Morgan fingerprint density at radius 3 is 2.90 bits per heavy atom. The lowest BCUT2D eigenvalue weighted by atomic mass is 9.90. The van der Waals surface area contributed by atoms with Gasteiger partial charge in [0, 0.05) is 11.1 Å². The molecule has 0 aromatic carbocycles. The van der Waals surface area contributed by atoms with Gasteiger partial charge < -0.3 is 10.6 Å². The molecule has 108 valence electrons. The van der Waals surface area contributed by atoms with E-state index >= 15 is 0 Å². The molecule has 1 saturated heterocycles. The number of amides is 1. The first-order valence-corrected chi connectivity index (χ1v) is 7.46. The van der Waals surface area contributed by atoms with Crippen molar-refractivity contribution in [2.24, 2.45) is 0 Å². The highest BCUT2D eigenvalue weighted by Crippen LogP contribution is 2.29. The minimum Gasteiger partial charge on any atom is -0.358 e. The first kappa shape index (κ1) is 13.6. The van der Waals surface area contributed by atoms with Gasteiger partial charge in [0.25, 0.3) is 0 Å². The molecule has 0 radical (unpaired) electrons. The number of hydrogen-bond donors (Lipinski definition) is 2. The number of anilines is 1. The molecule has 1 aliphatic carbocycles. The van der Waals surface area contributed by atoms with Gasteiger partial charge in [-0.05, 0) is 57.6 Å². The molecule has 1 fully saturated rings. The van der Waals surface area contributed by atoms with Crippen molar-refractivity contribution >= 4 is 23.3 Å². The molecule has 20 heavy (non-hydrogen) atoms. The summed E-state index contributed by atoms with van der Waals surface area (Å²) in [6.45, 7) is 4.08. The summed E-state index contributed by atoms with van der Waals surface area (Å²) in [6.07, 6.45) is 4.71. The summed E-state index contributed by atoms with van der Waals surface area (Å²) in [5, 5.41) is 6.55. The molecule has 6 heteroatoms. The van der Waals surface area contributed by atoms with Crippen LogP contribution in [0.4, 0.5) is 5.82 Å². The van der Waals surface area contributed by atoms with Crippen molar-refractivity contribution in [3.05, 3.63) is 16.5 Å². The summed E-state index contributed by atoms with van der Waals surface area (Å²) in [7, 11) is 0. The minimum atomic E-state index is -0.237. The second-order valence-electron chi connectivity index (χ2n) is 6.23. The molecule has 0 bridgehead atoms. The van der Waals surface area contributed by atoms with Crippen molar-refractivity contribution in [1.29, 1.82) is 0 Å². The minimum absolute atomic E-state index is 0.0303. The number of carbonyl (C=O) groups is 1. The van der Waals surface area contributed by atoms with E-state index < -0.39 is 0 Å². The number of aromatic nitrogens is 2. The fourth-order valence-corrected chi connectivity index (χ4v) is 3.13. The Bertz CT molecular complexity index is 558. The summed E-state index contributed by atoms with van der Waals surface area (Å²) < 4.78 is 0. The number of hydrogen-bond acceptors (Lipinski definition) is 4. The first-order valence-electron chi connectivity index (χ1n) is 7.08. The number of nitrogens with one attached hydrogen (secondary N) is 2. The summed E-state index contributed by atoms with van der Waals surface area (Å²) in [4.78, 5) is 20.7. The molecule has 0 spiro atoms. The van der Waals surface area contributed by atoms with E-state index in [2.05, 4.69) is 20.6 Å². The maximum absolute atomic E-state index is 12.1. The molecule has 0 saturated carbocycles. The van der Waals surface area contributed by atoms with Crippen LogP contribution < -0.4 is 10.6 Å². The van der Waals surface area contributed by atoms with E-state index in [1.54, 1.807) is 0 Å². The van der Waals surface area contributed by atoms with Crippen LogP contribution in [0.3, 0.4) is 0 Å². The van der Waals surface area contributed by atoms with Crippen LogP contribution >= 0.6 is 11.6 Å². The van der Waals surface area contributed by atoms with Gasteiger partial charge >= 0.3 is 0 Å². The zero-order valence-electron chi connectivity index (χ0n) is 11.8. The fraction of sp³-hybridized carbons (Fsp3) is 0.643. The van der Waals surface area contributed by atoms with Crippen molar-refractivity contribution in [3.63, 3.8) is 0 Å². The molecule has 1 atom stereocenters. The third kappa shape index (κ3) is 2.59. The monoisotopic (exact) mass is 294 g/mol. The third-order valence-corrected chi connectivity index (χ3v) is 4.22. The van der Waals surface area contributed by atoms with Crippen LogP contribution in [0.5, 0.6) is 0 Å². The van der Waals surface area contributed by atoms with E-state index in [1.165, 1.54) is 0 Å². The maximum atomic E-state index is 12.1. The standard InChI is InChI=1S/C14H19ClN4O/c1-14(2)7-6-10(12(20)19-14)16-11-8-4-3-5-9(8)17-13(15)18-11/h10H,3-7H2,1-2H3,(H,19,20)(H,16,17,18). The van der Waals surface area contributed by atoms with Gasteiger partial charge in [0.05, 0.1) is 5.69 Å². The van der Waals surface area contributed by atoms with Gasteiger partial charge in [0.15, 0.2) is 0 Å². The molecule has 5 nitrogen and oxygen atoms in total. The molecular weight excluding hydrogens is 276 g/mol. The Morgan fingerprint density at radius 2 is 2.15 bits per heavy atom. The molecule has 1 aromatic heterocycles. The van der Waals surface area contributed by atoms with E-state index in [0.29, 0.717) is 0 Å². The van der Waals surface area contributed by atoms with E-state index in [-0.39, 0.29) is 22.8 Å². The smallest absolute Gasteiger partial charge is 0.242 e.